The molecule has 1 N–H and O–H groups in total. The minimum Gasteiger partial charge on any atom is -0.406 e. The van der Waals surface area contributed by atoms with E-state index < -0.39 is 12.4 Å². The molecule has 2 heterocycles. The van der Waals surface area contributed by atoms with Gasteiger partial charge in [0, 0.05) is 30.1 Å². The Morgan fingerprint density at radius 2 is 1.83 bits per heavy atom. The Kier molecular flexibility index (Phi) is 8.48. The highest BCUT2D eigenvalue weighted by atomic mass is 32.2. The molecule has 0 atom stereocenters. The zero-order valence-corrected chi connectivity index (χ0v) is 23.4. The van der Waals surface area contributed by atoms with Crippen molar-refractivity contribution in [2.75, 3.05) is 17.2 Å². The third-order valence-corrected chi connectivity index (χ3v) is 7.32. The van der Waals surface area contributed by atoms with Gasteiger partial charge in [-0.1, -0.05) is 49.9 Å². The number of alkyl halides is 3. The zero-order valence-electron chi connectivity index (χ0n) is 22.6. The second-order valence-electron chi connectivity index (χ2n) is 9.66. The number of urea groups is 1. The van der Waals surface area contributed by atoms with Gasteiger partial charge < -0.3 is 15.0 Å². The Hall–Kier alpha value is -4.39. The van der Waals surface area contributed by atoms with E-state index in [1.54, 1.807) is 6.07 Å². The molecule has 42 heavy (non-hydrogen) atoms. The van der Waals surface area contributed by atoms with Crippen molar-refractivity contribution in [2.24, 2.45) is 4.99 Å². The van der Waals surface area contributed by atoms with Gasteiger partial charge in [0.15, 0.2) is 11.0 Å². The van der Waals surface area contributed by atoms with Crippen molar-refractivity contribution in [3.63, 3.8) is 0 Å². The average Bonchev–Trinajstić information content (AvgIpc) is 3.62. The van der Waals surface area contributed by atoms with E-state index >= 15 is 0 Å². The summed E-state index contributed by atoms with van der Waals surface area (Å²) in [6, 6.07) is 16.8. The van der Waals surface area contributed by atoms with E-state index in [1.165, 1.54) is 59.2 Å². The van der Waals surface area contributed by atoms with E-state index in [1.807, 2.05) is 43.0 Å². The first-order chi connectivity index (χ1) is 20.1. The quantitative estimate of drug-likeness (QED) is 0.233. The molecular formula is C29H26F4N6O2S. The molecule has 0 aliphatic carbocycles. The summed E-state index contributed by atoms with van der Waals surface area (Å²) in [7, 11) is 0. The maximum absolute atomic E-state index is 13.9. The molecule has 5 rings (SSSR count). The highest BCUT2D eigenvalue weighted by Crippen LogP contribution is 2.33. The second-order valence-corrected chi connectivity index (χ2v) is 10.7. The van der Waals surface area contributed by atoms with Crippen LogP contribution in [-0.4, -0.2) is 44.6 Å². The van der Waals surface area contributed by atoms with Crippen LogP contribution in [0.1, 0.15) is 30.9 Å². The average molecular weight is 599 g/mol. The number of carbonyl (C=O) groups is 1. The maximum atomic E-state index is 13.9. The molecule has 1 aliphatic rings. The fourth-order valence-electron chi connectivity index (χ4n) is 4.35. The minimum absolute atomic E-state index is 0.108. The largest absolute Gasteiger partial charge is 0.573 e. The number of benzene rings is 3. The third-order valence-electron chi connectivity index (χ3n) is 6.36. The lowest BCUT2D eigenvalue weighted by Gasteiger charge is -2.23. The number of anilines is 1. The van der Waals surface area contributed by atoms with Gasteiger partial charge >= 0.3 is 12.4 Å². The van der Waals surface area contributed by atoms with E-state index in [2.05, 4.69) is 25.1 Å². The Morgan fingerprint density at radius 3 is 2.52 bits per heavy atom. The summed E-state index contributed by atoms with van der Waals surface area (Å²) in [4.78, 5) is 23.2. The van der Waals surface area contributed by atoms with Crippen LogP contribution >= 0.6 is 11.8 Å². The lowest BCUT2D eigenvalue weighted by molar-refractivity contribution is -0.274. The molecule has 0 spiro atoms. The van der Waals surface area contributed by atoms with Gasteiger partial charge in [-0.3, -0.25) is 0 Å². The fourth-order valence-corrected chi connectivity index (χ4v) is 5.30. The molecule has 4 aromatic rings. The summed E-state index contributed by atoms with van der Waals surface area (Å²) in [6.07, 6.45) is -3.30. The number of hydrogen-bond acceptors (Lipinski definition) is 5. The Morgan fingerprint density at radius 1 is 1.10 bits per heavy atom. The number of nitrogens with zero attached hydrogens (tertiary/aromatic N) is 5. The molecule has 13 heteroatoms. The topological polar surface area (TPSA) is 84.6 Å². The van der Waals surface area contributed by atoms with Crippen molar-refractivity contribution in [1.29, 1.82) is 0 Å². The fraction of sp³-hybridized carbons (Fsp3) is 0.241. The number of amides is 2. The zero-order chi connectivity index (χ0) is 29.9. The van der Waals surface area contributed by atoms with Crippen molar-refractivity contribution >= 4 is 28.6 Å². The molecule has 0 saturated carbocycles. The molecule has 1 fully saturated rings. The molecule has 0 radical (unpaired) electrons. The highest BCUT2D eigenvalue weighted by Gasteiger charge is 2.31. The maximum Gasteiger partial charge on any atom is 0.573 e. The van der Waals surface area contributed by atoms with Crippen molar-refractivity contribution in [1.82, 2.24) is 20.1 Å². The van der Waals surface area contributed by atoms with E-state index in [9.17, 15) is 22.4 Å². The smallest absolute Gasteiger partial charge is 0.406 e. The number of carbonyl (C=O) groups excluding carboxylic acids is 1. The summed E-state index contributed by atoms with van der Waals surface area (Å²) < 4.78 is 56.3. The molecule has 1 aromatic heterocycles. The van der Waals surface area contributed by atoms with Crippen LogP contribution in [0, 0.1) is 5.82 Å². The van der Waals surface area contributed by atoms with Gasteiger partial charge in [0.1, 0.15) is 17.9 Å². The van der Waals surface area contributed by atoms with E-state index in [4.69, 9.17) is 0 Å². The number of amidine groups is 1. The number of thioether (sulfide) groups is 1. The molecule has 0 bridgehead atoms. The Bertz CT molecular complexity index is 1590. The molecule has 218 valence electrons. The number of hydrogen-bond donors (Lipinski definition) is 1. The van der Waals surface area contributed by atoms with Crippen molar-refractivity contribution in [2.45, 2.75) is 32.7 Å². The van der Waals surface area contributed by atoms with Gasteiger partial charge in [0.2, 0.25) is 0 Å². The van der Waals surface area contributed by atoms with Crippen LogP contribution in [-0.2, 0) is 6.54 Å². The first kappa shape index (κ1) is 29.1. The van der Waals surface area contributed by atoms with Gasteiger partial charge in [-0.05, 0) is 59.5 Å². The molecule has 0 unspecified atom stereocenters. The summed E-state index contributed by atoms with van der Waals surface area (Å²) in [6.45, 7) is 4.92. The van der Waals surface area contributed by atoms with E-state index in [0.29, 0.717) is 23.2 Å². The SMILES string of the molecule is CC(C)c1cc(F)ccc1N1CCS/C1=N\C(=O)NCc1ccc(-c2ncn(-c3ccc(OC(F)(F)F)cc3)n2)cc1. The van der Waals surface area contributed by atoms with Crippen molar-refractivity contribution in [3.05, 3.63) is 90.0 Å². The molecule has 8 nitrogen and oxygen atoms in total. The number of ether oxygens (including phenoxy) is 1. The number of halogens is 4. The second kappa shape index (κ2) is 12.2. The van der Waals surface area contributed by atoms with Crippen LogP contribution in [0.3, 0.4) is 0 Å². The van der Waals surface area contributed by atoms with E-state index in [0.717, 1.165) is 28.1 Å². The number of rotatable bonds is 7. The molecule has 3 aromatic carbocycles. The molecule has 2 amide bonds. The monoisotopic (exact) mass is 598 g/mol. The van der Waals surface area contributed by atoms with Gasteiger partial charge in [-0.25, -0.2) is 18.9 Å². The summed E-state index contributed by atoms with van der Waals surface area (Å²) in [5, 5.41) is 7.77. The lowest BCUT2D eigenvalue weighted by Crippen LogP contribution is -2.28. The van der Waals surface area contributed by atoms with Crippen LogP contribution in [0.25, 0.3) is 17.1 Å². The summed E-state index contributed by atoms with van der Waals surface area (Å²) in [5.74, 6) is 0.676. The third kappa shape index (κ3) is 7.08. The van der Waals surface area contributed by atoms with Crippen LogP contribution in [0.4, 0.5) is 28.0 Å². The van der Waals surface area contributed by atoms with Crippen molar-refractivity contribution < 1.29 is 27.1 Å². The van der Waals surface area contributed by atoms with Crippen LogP contribution in [0.2, 0.25) is 0 Å². The molecule has 1 aliphatic heterocycles. The van der Waals surface area contributed by atoms with Crippen LogP contribution < -0.4 is 15.0 Å². The van der Waals surface area contributed by atoms with Crippen LogP contribution in [0.5, 0.6) is 5.75 Å². The molecule has 1 saturated heterocycles. The predicted molar refractivity (Wildman–Crippen MR) is 153 cm³/mol. The van der Waals surface area contributed by atoms with E-state index in [-0.39, 0.29) is 24.0 Å². The number of nitrogens with one attached hydrogen (secondary N) is 1. The number of aliphatic imine (C=N–C) groups is 1. The van der Waals surface area contributed by atoms with Crippen LogP contribution in [0.15, 0.2) is 78.0 Å². The van der Waals surface area contributed by atoms with Gasteiger partial charge in [0.25, 0.3) is 0 Å². The normalized spacial score (nSPS) is 14.5. The molecular weight excluding hydrogens is 572 g/mol. The minimum atomic E-state index is -4.76. The first-order valence-electron chi connectivity index (χ1n) is 13.0. The van der Waals surface area contributed by atoms with Gasteiger partial charge in [-0.15, -0.1) is 18.3 Å². The van der Waals surface area contributed by atoms with Crippen molar-refractivity contribution in [3.8, 4) is 22.8 Å². The highest BCUT2D eigenvalue weighted by molar-refractivity contribution is 8.14. The Labute approximate surface area is 243 Å². The number of aromatic nitrogens is 3. The van der Waals surface area contributed by atoms with Gasteiger partial charge in [-0.2, -0.15) is 4.99 Å². The lowest BCUT2D eigenvalue weighted by atomic mass is 10.0. The predicted octanol–water partition coefficient (Wildman–Crippen LogP) is 6.91. The summed E-state index contributed by atoms with van der Waals surface area (Å²) >= 11 is 1.48. The summed E-state index contributed by atoms with van der Waals surface area (Å²) in [5.41, 5.74) is 3.78. The standard InChI is InChI=1S/C29H26F4N6O2S/c1-18(2)24-15-21(30)7-12-25(24)38-13-14-42-28(38)36-27(40)34-16-19-3-5-20(6-4-19)26-35-17-39(37-26)22-8-10-23(11-9-22)41-29(31,32)33/h3-12,15,17-18H,13-14,16H2,1-2H3,(H,34,40)/b36-28-. The Balaban J connectivity index is 1.20. The van der Waals surface area contributed by atoms with Gasteiger partial charge in [0.05, 0.1) is 5.69 Å². The first-order valence-corrected chi connectivity index (χ1v) is 14.0.